The Morgan fingerprint density at radius 3 is 2.67 bits per heavy atom. The van der Waals surface area contributed by atoms with Crippen LogP contribution in [-0.4, -0.2) is 19.3 Å². The Morgan fingerprint density at radius 1 is 1.19 bits per heavy atom. The molecule has 3 nitrogen and oxygen atoms in total. The summed E-state index contributed by atoms with van der Waals surface area (Å²) in [6.45, 7) is 5.37. The second-order valence-electron chi connectivity index (χ2n) is 6.75. The second-order valence-corrected chi connectivity index (χ2v) is 6.75. The van der Waals surface area contributed by atoms with Gasteiger partial charge in [-0.1, -0.05) is 6.92 Å². The van der Waals surface area contributed by atoms with Gasteiger partial charge in [-0.2, -0.15) is 0 Å². The predicted molar refractivity (Wildman–Crippen MR) is 85.0 cm³/mol. The predicted octanol–water partition coefficient (Wildman–Crippen LogP) is 3.69. The van der Waals surface area contributed by atoms with E-state index in [9.17, 15) is 0 Å². The molecule has 0 saturated heterocycles. The Labute approximate surface area is 128 Å². The van der Waals surface area contributed by atoms with E-state index in [1.165, 1.54) is 36.8 Å². The molecule has 1 unspecified atom stereocenters. The Kier molecular flexibility index (Phi) is 4.39. The average molecular weight is 289 g/mol. The summed E-state index contributed by atoms with van der Waals surface area (Å²) >= 11 is 0. The molecule has 1 aliphatic heterocycles. The molecular formula is C18H27NO2. The molecule has 1 aliphatic carbocycles. The van der Waals surface area contributed by atoms with E-state index in [4.69, 9.17) is 9.47 Å². The number of methoxy groups -OCH3 is 1. The highest BCUT2D eigenvalue weighted by atomic mass is 16.5. The molecule has 21 heavy (non-hydrogen) atoms. The standard InChI is InChI=1S/C18H27NO2/c1-12-4-6-16(7-5-12)19-11-15-10-17(20-3)9-14-8-13(2)21-18(14)15/h9-10,12-13,16,19H,4-8,11H2,1-3H3. The summed E-state index contributed by atoms with van der Waals surface area (Å²) in [5.74, 6) is 2.92. The summed E-state index contributed by atoms with van der Waals surface area (Å²) in [4.78, 5) is 0. The van der Waals surface area contributed by atoms with Gasteiger partial charge in [-0.3, -0.25) is 0 Å². The lowest BCUT2D eigenvalue weighted by Gasteiger charge is -2.27. The van der Waals surface area contributed by atoms with Gasteiger partial charge in [0.15, 0.2) is 0 Å². The van der Waals surface area contributed by atoms with E-state index in [1.807, 2.05) is 0 Å². The van der Waals surface area contributed by atoms with Crippen LogP contribution in [0.25, 0.3) is 0 Å². The van der Waals surface area contributed by atoms with Gasteiger partial charge in [-0.25, -0.2) is 0 Å². The maximum atomic E-state index is 6.00. The van der Waals surface area contributed by atoms with Crippen molar-refractivity contribution in [2.24, 2.45) is 5.92 Å². The van der Waals surface area contributed by atoms with E-state index in [0.717, 1.165) is 30.4 Å². The number of fused-ring (bicyclic) bond motifs is 1. The molecule has 0 aromatic heterocycles. The molecule has 0 amide bonds. The van der Waals surface area contributed by atoms with Gasteiger partial charge in [0, 0.05) is 30.1 Å². The molecule has 1 saturated carbocycles. The van der Waals surface area contributed by atoms with Crippen molar-refractivity contribution in [2.45, 2.75) is 64.6 Å². The van der Waals surface area contributed by atoms with E-state index in [0.29, 0.717) is 6.04 Å². The van der Waals surface area contributed by atoms with Crippen molar-refractivity contribution in [3.8, 4) is 11.5 Å². The van der Waals surface area contributed by atoms with E-state index in [-0.39, 0.29) is 6.10 Å². The van der Waals surface area contributed by atoms with Crippen molar-refractivity contribution in [3.63, 3.8) is 0 Å². The summed E-state index contributed by atoms with van der Waals surface area (Å²) in [7, 11) is 1.74. The molecule has 1 N–H and O–H groups in total. The fourth-order valence-electron chi connectivity index (χ4n) is 3.55. The normalized spacial score (nSPS) is 28.0. The monoisotopic (exact) mass is 289 g/mol. The first-order chi connectivity index (χ1) is 10.2. The first-order valence-electron chi connectivity index (χ1n) is 8.25. The van der Waals surface area contributed by atoms with Crippen LogP contribution in [0.2, 0.25) is 0 Å². The van der Waals surface area contributed by atoms with Gasteiger partial charge in [-0.15, -0.1) is 0 Å². The van der Waals surface area contributed by atoms with Crippen molar-refractivity contribution < 1.29 is 9.47 Å². The number of ether oxygens (including phenoxy) is 2. The average Bonchev–Trinajstić information content (AvgIpc) is 2.86. The second kappa shape index (κ2) is 6.27. The fourth-order valence-corrected chi connectivity index (χ4v) is 3.55. The molecule has 1 heterocycles. The molecular weight excluding hydrogens is 262 g/mol. The summed E-state index contributed by atoms with van der Waals surface area (Å²) in [6, 6.07) is 4.89. The molecule has 0 bridgehead atoms. The van der Waals surface area contributed by atoms with E-state index in [1.54, 1.807) is 7.11 Å². The summed E-state index contributed by atoms with van der Waals surface area (Å²) in [5.41, 5.74) is 2.53. The van der Waals surface area contributed by atoms with Crippen molar-refractivity contribution in [1.29, 1.82) is 0 Å². The molecule has 1 fully saturated rings. The quantitative estimate of drug-likeness (QED) is 0.917. The molecule has 1 atom stereocenters. The van der Waals surface area contributed by atoms with Crippen molar-refractivity contribution in [3.05, 3.63) is 23.3 Å². The lowest BCUT2D eigenvalue weighted by molar-refractivity contribution is 0.250. The van der Waals surface area contributed by atoms with Crippen LogP contribution in [0.4, 0.5) is 0 Å². The van der Waals surface area contributed by atoms with Crippen LogP contribution in [0.1, 0.15) is 50.7 Å². The van der Waals surface area contributed by atoms with Gasteiger partial charge in [0.2, 0.25) is 0 Å². The molecule has 0 radical (unpaired) electrons. The highest BCUT2D eigenvalue weighted by molar-refractivity contribution is 5.49. The van der Waals surface area contributed by atoms with Crippen LogP contribution in [0.15, 0.2) is 12.1 Å². The zero-order chi connectivity index (χ0) is 14.8. The Balaban J connectivity index is 1.69. The summed E-state index contributed by atoms with van der Waals surface area (Å²) < 4.78 is 11.4. The van der Waals surface area contributed by atoms with Crippen LogP contribution in [0.3, 0.4) is 0 Å². The zero-order valence-corrected chi connectivity index (χ0v) is 13.4. The molecule has 0 spiro atoms. The van der Waals surface area contributed by atoms with Crippen molar-refractivity contribution in [2.75, 3.05) is 7.11 Å². The van der Waals surface area contributed by atoms with E-state index < -0.39 is 0 Å². The number of hydrogen-bond acceptors (Lipinski definition) is 3. The number of hydrogen-bond donors (Lipinski definition) is 1. The smallest absolute Gasteiger partial charge is 0.127 e. The maximum Gasteiger partial charge on any atom is 0.127 e. The van der Waals surface area contributed by atoms with Crippen molar-refractivity contribution >= 4 is 0 Å². The third-order valence-corrected chi connectivity index (χ3v) is 4.88. The Bertz CT molecular complexity index is 492. The van der Waals surface area contributed by atoms with Crippen molar-refractivity contribution in [1.82, 2.24) is 5.32 Å². The summed E-state index contributed by atoms with van der Waals surface area (Å²) in [5, 5.41) is 3.72. The molecule has 3 heteroatoms. The molecule has 2 aliphatic rings. The van der Waals surface area contributed by atoms with Gasteiger partial charge in [0.25, 0.3) is 0 Å². The van der Waals surface area contributed by atoms with Gasteiger partial charge in [0.1, 0.15) is 17.6 Å². The SMILES string of the molecule is COc1cc(CNC2CCC(C)CC2)c2c(c1)CC(C)O2. The molecule has 116 valence electrons. The van der Waals surface area contributed by atoms with Crippen LogP contribution in [0.5, 0.6) is 11.5 Å². The minimum Gasteiger partial charge on any atom is -0.497 e. The molecule has 1 aromatic rings. The van der Waals surface area contributed by atoms with Gasteiger partial charge >= 0.3 is 0 Å². The highest BCUT2D eigenvalue weighted by Gasteiger charge is 2.24. The Hall–Kier alpha value is -1.22. The third-order valence-electron chi connectivity index (χ3n) is 4.88. The Morgan fingerprint density at radius 2 is 1.95 bits per heavy atom. The minimum absolute atomic E-state index is 0.279. The third kappa shape index (κ3) is 3.34. The fraction of sp³-hybridized carbons (Fsp3) is 0.667. The van der Waals surface area contributed by atoms with Crippen LogP contribution >= 0.6 is 0 Å². The highest BCUT2D eigenvalue weighted by Crippen LogP contribution is 2.36. The van der Waals surface area contributed by atoms with Gasteiger partial charge < -0.3 is 14.8 Å². The number of rotatable bonds is 4. The molecule has 3 rings (SSSR count). The van der Waals surface area contributed by atoms with E-state index >= 15 is 0 Å². The van der Waals surface area contributed by atoms with Gasteiger partial charge in [-0.05, 0) is 50.7 Å². The zero-order valence-electron chi connectivity index (χ0n) is 13.4. The lowest BCUT2D eigenvalue weighted by atomic mass is 9.87. The molecule has 1 aromatic carbocycles. The first kappa shape index (κ1) is 14.7. The summed E-state index contributed by atoms with van der Waals surface area (Å²) in [6.07, 6.45) is 6.56. The van der Waals surface area contributed by atoms with E-state index in [2.05, 4.69) is 31.3 Å². The van der Waals surface area contributed by atoms with Gasteiger partial charge in [0.05, 0.1) is 7.11 Å². The largest absolute Gasteiger partial charge is 0.497 e. The van der Waals surface area contributed by atoms with Crippen LogP contribution < -0.4 is 14.8 Å². The maximum absolute atomic E-state index is 6.00. The van der Waals surface area contributed by atoms with Crippen LogP contribution in [0, 0.1) is 5.92 Å². The number of nitrogens with one attached hydrogen (secondary N) is 1. The number of benzene rings is 1. The topological polar surface area (TPSA) is 30.5 Å². The minimum atomic E-state index is 0.279. The van der Waals surface area contributed by atoms with Crippen LogP contribution in [-0.2, 0) is 13.0 Å². The first-order valence-corrected chi connectivity index (χ1v) is 8.25. The lowest BCUT2D eigenvalue weighted by Crippen LogP contribution is -2.32.